The van der Waals surface area contributed by atoms with Gasteiger partial charge in [0.05, 0.1) is 11.0 Å². The van der Waals surface area contributed by atoms with Crippen molar-refractivity contribution in [1.29, 1.82) is 0 Å². The minimum atomic E-state index is -4.12. The second kappa shape index (κ2) is 7.28. The largest absolute Gasteiger partial charge is 0.289 e. The van der Waals surface area contributed by atoms with E-state index < -0.39 is 26.7 Å². The van der Waals surface area contributed by atoms with Crippen molar-refractivity contribution in [3.05, 3.63) is 61.5 Å². The van der Waals surface area contributed by atoms with Crippen molar-refractivity contribution in [2.45, 2.75) is 37.1 Å². The van der Waals surface area contributed by atoms with Gasteiger partial charge in [0.1, 0.15) is 5.01 Å². The predicted octanol–water partition coefficient (Wildman–Crippen LogP) is 2.15. The molecule has 0 saturated carbocycles. The van der Waals surface area contributed by atoms with E-state index in [4.69, 9.17) is 0 Å². The third-order valence-corrected chi connectivity index (χ3v) is 7.78. The molecule has 0 N–H and O–H groups in total. The molecule has 0 bridgehead atoms. The number of hydrogen-bond donors (Lipinski definition) is 0. The van der Waals surface area contributed by atoms with Gasteiger partial charge >= 0.3 is 0 Å². The van der Waals surface area contributed by atoms with Gasteiger partial charge in [0.2, 0.25) is 4.96 Å². The summed E-state index contributed by atoms with van der Waals surface area (Å²) >= 11 is 1.16. The van der Waals surface area contributed by atoms with Crippen LogP contribution in [0.5, 0.6) is 0 Å². The lowest BCUT2D eigenvalue weighted by atomic mass is 10.2. The lowest BCUT2D eigenvalue weighted by molar-refractivity contribution is -0.387. The molecular formula is C17H17N5O5S2. The monoisotopic (exact) mass is 435 g/mol. The fraction of sp³-hybridized carbons (Fsp3) is 0.353. The standard InChI is InChI=1S/C17H17N5O5S2/c1-2-11-10-15(23)21-17(18-11)28-16(19-21)13-7-5-9-20(13)29(26,27)14-8-4-3-6-12(14)22(24)25/h3-4,6,8,10,13H,2,5,7,9H2,1H3. The van der Waals surface area contributed by atoms with E-state index >= 15 is 0 Å². The Labute approximate surface area is 169 Å². The summed E-state index contributed by atoms with van der Waals surface area (Å²) in [7, 11) is -4.12. The number of nitro benzene ring substituents is 1. The van der Waals surface area contributed by atoms with Gasteiger partial charge in [-0.3, -0.25) is 14.9 Å². The molecule has 1 saturated heterocycles. The Bertz CT molecular complexity index is 1270. The molecule has 1 aliphatic rings. The fourth-order valence-electron chi connectivity index (χ4n) is 3.41. The Hall–Kier alpha value is -2.70. The SMILES string of the molecule is CCc1cc(=O)n2nc(C3CCCN3S(=O)(=O)c3ccccc3[N+](=O)[O-])sc2n1. The van der Waals surface area contributed by atoms with E-state index in [0.717, 1.165) is 11.3 Å². The first-order valence-electron chi connectivity index (χ1n) is 8.98. The molecule has 10 nitrogen and oxygen atoms in total. The molecule has 0 aliphatic carbocycles. The molecule has 1 fully saturated rings. The molecule has 0 radical (unpaired) electrons. The Morgan fingerprint density at radius 1 is 1.34 bits per heavy atom. The van der Waals surface area contributed by atoms with Crippen LogP contribution in [0.3, 0.4) is 0 Å². The molecular weight excluding hydrogens is 418 g/mol. The second-order valence-corrected chi connectivity index (χ2v) is 9.42. The minimum absolute atomic E-state index is 0.220. The van der Waals surface area contributed by atoms with Gasteiger partial charge in [0.25, 0.3) is 21.3 Å². The van der Waals surface area contributed by atoms with Crippen LogP contribution in [-0.2, 0) is 16.4 Å². The third kappa shape index (κ3) is 3.32. The van der Waals surface area contributed by atoms with Gasteiger partial charge in [-0.1, -0.05) is 30.4 Å². The van der Waals surface area contributed by atoms with E-state index in [0.29, 0.717) is 34.9 Å². The van der Waals surface area contributed by atoms with Crippen LogP contribution >= 0.6 is 11.3 Å². The Morgan fingerprint density at radius 2 is 2.10 bits per heavy atom. The third-order valence-electron chi connectivity index (χ3n) is 4.81. The number of para-hydroxylation sites is 1. The van der Waals surface area contributed by atoms with E-state index in [2.05, 4.69) is 10.1 Å². The van der Waals surface area contributed by atoms with Crippen molar-refractivity contribution in [2.75, 3.05) is 6.54 Å². The topological polar surface area (TPSA) is 128 Å². The zero-order chi connectivity index (χ0) is 20.8. The normalized spacial score (nSPS) is 17.8. The second-order valence-electron chi connectivity index (χ2n) is 6.57. The maximum absolute atomic E-state index is 13.2. The van der Waals surface area contributed by atoms with Gasteiger partial charge in [-0.05, 0) is 25.3 Å². The molecule has 0 spiro atoms. The van der Waals surface area contributed by atoms with Gasteiger partial charge in [-0.2, -0.15) is 13.9 Å². The summed E-state index contributed by atoms with van der Waals surface area (Å²) in [5, 5.41) is 16.1. The van der Waals surface area contributed by atoms with Crippen molar-refractivity contribution in [3.63, 3.8) is 0 Å². The fourth-order valence-corrected chi connectivity index (χ4v) is 6.37. The van der Waals surface area contributed by atoms with Crippen LogP contribution in [0.15, 0.2) is 40.0 Å². The first-order valence-corrected chi connectivity index (χ1v) is 11.2. The quantitative estimate of drug-likeness (QED) is 0.444. The van der Waals surface area contributed by atoms with E-state index in [9.17, 15) is 23.3 Å². The highest BCUT2D eigenvalue weighted by Gasteiger charge is 2.41. The molecule has 0 amide bonds. The molecule has 4 rings (SSSR count). The maximum atomic E-state index is 13.2. The number of aromatic nitrogens is 3. The number of nitrogens with zero attached hydrogens (tertiary/aromatic N) is 5. The summed E-state index contributed by atoms with van der Waals surface area (Å²) in [6, 6.07) is 6.10. The summed E-state index contributed by atoms with van der Waals surface area (Å²) in [5.74, 6) is 0. The van der Waals surface area contributed by atoms with Gasteiger partial charge in [-0.25, -0.2) is 13.4 Å². The van der Waals surface area contributed by atoms with Crippen molar-refractivity contribution >= 4 is 32.0 Å². The van der Waals surface area contributed by atoms with Crippen LogP contribution in [0.25, 0.3) is 4.96 Å². The molecule has 1 unspecified atom stereocenters. The minimum Gasteiger partial charge on any atom is -0.267 e. The molecule has 29 heavy (non-hydrogen) atoms. The van der Waals surface area contributed by atoms with Crippen LogP contribution in [-0.4, -0.2) is 38.8 Å². The molecule has 2 aromatic heterocycles. The Balaban J connectivity index is 1.79. The average Bonchev–Trinajstić information content (AvgIpc) is 3.35. The summed E-state index contributed by atoms with van der Waals surface area (Å²) in [6.45, 7) is 2.11. The number of nitro groups is 1. The first-order chi connectivity index (χ1) is 13.8. The smallest absolute Gasteiger partial charge is 0.267 e. The molecule has 1 atom stereocenters. The molecule has 3 aromatic rings. The molecule has 12 heteroatoms. The van der Waals surface area contributed by atoms with Crippen LogP contribution < -0.4 is 5.56 Å². The molecule has 1 aromatic carbocycles. The molecule has 3 heterocycles. The highest BCUT2D eigenvalue weighted by atomic mass is 32.2. The number of fused-ring (bicyclic) bond motifs is 1. The van der Waals surface area contributed by atoms with Gasteiger partial charge in [0, 0.05) is 24.4 Å². The summed E-state index contributed by atoms with van der Waals surface area (Å²) in [5.41, 5.74) is -0.144. The van der Waals surface area contributed by atoms with Crippen molar-refractivity contribution in [3.8, 4) is 0 Å². The van der Waals surface area contributed by atoms with E-state index in [1.54, 1.807) is 0 Å². The zero-order valence-electron chi connectivity index (χ0n) is 15.4. The van der Waals surface area contributed by atoms with Crippen LogP contribution in [0.1, 0.15) is 36.5 Å². The maximum Gasteiger partial charge on any atom is 0.289 e. The predicted molar refractivity (Wildman–Crippen MR) is 105 cm³/mol. The Kier molecular flexibility index (Phi) is 4.92. The lowest BCUT2D eigenvalue weighted by Gasteiger charge is -2.22. The van der Waals surface area contributed by atoms with Gasteiger partial charge in [-0.15, -0.1) is 0 Å². The van der Waals surface area contributed by atoms with Crippen molar-refractivity contribution < 1.29 is 13.3 Å². The van der Waals surface area contributed by atoms with Crippen LogP contribution in [0.4, 0.5) is 5.69 Å². The number of rotatable bonds is 5. The number of sulfonamides is 1. The number of benzene rings is 1. The van der Waals surface area contributed by atoms with Crippen LogP contribution in [0.2, 0.25) is 0 Å². The van der Waals surface area contributed by atoms with Gasteiger partial charge in [0.15, 0.2) is 4.90 Å². The van der Waals surface area contributed by atoms with Crippen LogP contribution in [0, 0.1) is 10.1 Å². The van der Waals surface area contributed by atoms with E-state index in [1.807, 2.05) is 6.92 Å². The van der Waals surface area contributed by atoms with E-state index in [-0.39, 0.29) is 17.0 Å². The van der Waals surface area contributed by atoms with Gasteiger partial charge < -0.3 is 0 Å². The van der Waals surface area contributed by atoms with Crippen molar-refractivity contribution in [1.82, 2.24) is 18.9 Å². The summed E-state index contributed by atoms with van der Waals surface area (Å²) in [6.07, 6.45) is 1.69. The highest BCUT2D eigenvalue weighted by Crippen LogP contribution is 2.39. The lowest BCUT2D eigenvalue weighted by Crippen LogP contribution is -2.31. The van der Waals surface area contributed by atoms with E-state index in [1.165, 1.54) is 39.2 Å². The molecule has 1 aliphatic heterocycles. The highest BCUT2D eigenvalue weighted by molar-refractivity contribution is 7.89. The number of aryl methyl sites for hydroxylation is 1. The molecule has 152 valence electrons. The number of hydrogen-bond acceptors (Lipinski definition) is 8. The summed E-state index contributed by atoms with van der Waals surface area (Å²) < 4.78 is 28.9. The zero-order valence-corrected chi connectivity index (χ0v) is 17.0. The average molecular weight is 435 g/mol. The van der Waals surface area contributed by atoms with Crippen molar-refractivity contribution in [2.24, 2.45) is 0 Å². The first kappa shape index (κ1) is 19.6. The summed E-state index contributed by atoms with van der Waals surface area (Å²) in [4.78, 5) is 27.3. The Morgan fingerprint density at radius 3 is 2.83 bits per heavy atom.